The molecule has 0 saturated carbocycles. The molecule has 1 N–H and O–H groups in total. The van der Waals surface area contributed by atoms with E-state index in [-0.39, 0.29) is 19.6 Å². The van der Waals surface area contributed by atoms with E-state index < -0.39 is 48.3 Å². The summed E-state index contributed by atoms with van der Waals surface area (Å²) in [5.74, 6) is -18.7. The minimum atomic E-state index is -6.73. The number of amides is 1. The topological polar surface area (TPSA) is 81.7 Å². The Hall–Kier alpha value is -2.08. The van der Waals surface area contributed by atoms with E-state index >= 15 is 0 Å². The van der Waals surface area contributed by atoms with Crippen molar-refractivity contribution in [3.8, 4) is 0 Å². The van der Waals surface area contributed by atoms with Crippen LogP contribution in [0.5, 0.6) is 0 Å². The third-order valence-corrected chi connectivity index (χ3v) is 2.91. The molecule has 0 heterocycles. The molecule has 0 aromatic carbocycles. The first-order valence-electron chi connectivity index (χ1n) is 7.67. The molecule has 27 heavy (non-hydrogen) atoms. The highest BCUT2D eigenvalue weighted by Crippen LogP contribution is 2.46. The van der Waals surface area contributed by atoms with Gasteiger partial charge in [0.15, 0.2) is 0 Å². The van der Waals surface area contributed by atoms with Crippen LogP contribution in [-0.2, 0) is 23.9 Å². The highest BCUT2D eigenvalue weighted by atomic mass is 19.4. The van der Waals surface area contributed by atoms with Gasteiger partial charge in [-0.25, -0.2) is 4.79 Å². The summed E-state index contributed by atoms with van der Waals surface area (Å²) in [6.07, 6.45) is -7.23. The van der Waals surface area contributed by atoms with Gasteiger partial charge in [-0.05, 0) is 12.8 Å². The smallest absolute Gasteiger partial charge is 0.460 e. The highest BCUT2D eigenvalue weighted by Gasteiger charge is 2.76. The fraction of sp³-hybridized carbons (Fsp3) is 0.786. The second-order valence-electron chi connectivity index (χ2n) is 5.26. The quantitative estimate of drug-likeness (QED) is 0.440. The molecule has 6 nitrogen and oxygen atoms in total. The van der Waals surface area contributed by atoms with Crippen molar-refractivity contribution in [1.29, 1.82) is 0 Å². The van der Waals surface area contributed by atoms with E-state index in [0.29, 0.717) is 6.42 Å². The van der Waals surface area contributed by atoms with E-state index in [9.17, 15) is 45.1 Å². The van der Waals surface area contributed by atoms with Crippen molar-refractivity contribution in [2.75, 3.05) is 13.2 Å². The summed E-state index contributed by atoms with van der Waals surface area (Å²) in [5, 5.41) is 1.01. The van der Waals surface area contributed by atoms with Crippen molar-refractivity contribution in [2.45, 2.75) is 57.2 Å². The Kier molecular flexibility index (Phi) is 8.99. The van der Waals surface area contributed by atoms with Crippen LogP contribution in [0.15, 0.2) is 0 Å². The first-order chi connectivity index (χ1) is 12.2. The number of nitrogens with one attached hydrogen (secondary N) is 1. The number of alkyl halides is 7. The van der Waals surface area contributed by atoms with Crippen LogP contribution in [-0.4, -0.2) is 55.1 Å². The van der Waals surface area contributed by atoms with Crippen LogP contribution in [0.25, 0.3) is 0 Å². The minimum Gasteiger partial charge on any atom is -0.466 e. The summed E-state index contributed by atoms with van der Waals surface area (Å²) < 4.78 is 97.9. The van der Waals surface area contributed by atoms with Crippen molar-refractivity contribution >= 4 is 17.8 Å². The first kappa shape index (κ1) is 24.9. The third-order valence-electron chi connectivity index (χ3n) is 2.91. The molecule has 0 aliphatic heterocycles. The van der Waals surface area contributed by atoms with Gasteiger partial charge < -0.3 is 14.8 Å². The standard InChI is InChI=1S/C14H18F7NO5/c1-3-5-26-9(23)7-8(10(24)27-6-4-2)22-11(25)12(15,16)13(17,18)14(19,20)21/h8H,3-7H2,1-2H3,(H,22,25). The Bertz CT molecular complexity index is 536. The Morgan fingerprint density at radius 3 is 1.81 bits per heavy atom. The molecule has 0 spiro atoms. The predicted molar refractivity (Wildman–Crippen MR) is 75.0 cm³/mol. The number of rotatable bonds is 10. The summed E-state index contributed by atoms with van der Waals surface area (Å²) in [6.45, 7) is 2.73. The van der Waals surface area contributed by atoms with Crippen molar-refractivity contribution in [2.24, 2.45) is 0 Å². The molecule has 0 aromatic rings. The molecule has 0 aliphatic carbocycles. The molecule has 13 heteroatoms. The van der Waals surface area contributed by atoms with Gasteiger partial charge in [0.05, 0.1) is 19.6 Å². The number of hydrogen-bond acceptors (Lipinski definition) is 5. The lowest BCUT2D eigenvalue weighted by molar-refractivity contribution is -0.344. The van der Waals surface area contributed by atoms with Gasteiger partial charge in [-0.2, -0.15) is 30.7 Å². The molecule has 1 unspecified atom stereocenters. The summed E-state index contributed by atoms with van der Waals surface area (Å²) in [4.78, 5) is 34.5. The van der Waals surface area contributed by atoms with Crippen molar-refractivity contribution in [1.82, 2.24) is 5.32 Å². The first-order valence-corrected chi connectivity index (χ1v) is 7.67. The molecule has 1 atom stereocenters. The van der Waals surface area contributed by atoms with Gasteiger partial charge in [-0.1, -0.05) is 13.8 Å². The SMILES string of the molecule is CCCOC(=O)CC(NC(=O)C(F)(F)C(F)(F)C(F)(F)F)C(=O)OCCC. The molecule has 1 amide bonds. The van der Waals surface area contributed by atoms with E-state index in [1.54, 1.807) is 6.92 Å². The monoisotopic (exact) mass is 413 g/mol. The van der Waals surface area contributed by atoms with Crippen LogP contribution in [0.1, 0.15) is 33.1 Å². The molecule has 158 valence electrons. The number of ether oxygens (including phenoxy) is 2. The highest BCUT2D eigenvalue weighted by molar-refractivity contribution is 5.91. The Morgan fingerprint density at radius 1 is 0.889 bits per heavy atom. The van der Waals surface area contributed by atoms with Crippen molar-refractivity contribution < 1.29 is 54.6 Å². The van der Waals surface area contributed by atoms with Crippen molar-refractivity contribution in [3.63, 3.8) is 0 Å². The predicted octanol–water partition coefficient (Wildman–Crippen LogP) is 2.60. The van der Waals surface area contributed by atoms with E-state index in [0.717, 1.165) is 5.32 Å². The minimum absolute atomic E-state index is 0.133. The Morgan fingerprint density at radius 2 is 1.37 bits per heavy atom. The fourth-order valence-corrected chi connectivity index (χ4v) is 1.51. The van der Waals surface area contributed by atoms with E-state index in [1.165, 1.54) is 6.92 Å². The number of hydrogen-bond donors (Lipinski definition) is 1. The van der Waals surface area contributed by atoms with Gasteiger partial charge in [-0.3, -0.25) is 9.59 Å². The van der Waals surface area contributed by atoms with Crippen LogP contribution in [0, 0.1) is 0 Å². The molecule has 0 fully saturated rings. The molecule has 0 radical (unpaired) electrons. The van der Waals surface area contributed by atoms with Gasteiger partial charge in [0.25, 0.3) is 5.91 Å². The molecule has 0 rings (SSSR count). The Labute approximate surface area is 149 Å². The molecular formula is C14H18F7NO5. The normalized spacial score (nSPS) is 13.7. The van der Waals surface area contributed by atoms with Crippen LogP contribution >= 0.6 is 0 Å². The van der Waals surface area contributed by atoms with Crippen molar-refractivity contribution in [3.05, 3.63) is 0 Å². The largest absolute Gasteiger partial charge is 0.466 e. The van der Waals surface area contributed by atoms with E-state index in [1.807, 2.05) is 0 Å². The molecular weight excluding hydrogens is 395 g/mol. The molecule has 0 aromatic heterocycles. The third kappa shape index (κ3) is 6.54. The summed E-state index contributed by atoms with van der Waals surface area (Å²) in [5.41, 5.74) is 0. The van der Waals surface area contributed by atoms with Crippen LogP contribution in [0.3, 0.4) is 0 Å². The maximum Gasteiger partial charge on any atom is 0.460 e. The number of carbonyl (C=O) groups excluding carboxylic acids is 3. The number of halogens is 7. The second kappa shape index (κ2) is 9.74. The summed E-state index contributed by atoms with van der Waals surface area (Å²) in [6, 6.07) is -2.23. The summed E-state index contributed by atoms with van der Waals surface area (Å²) >= 11 is 0. The van der Waals surface area contributed by atoms with Crippen LogP contribution < -0.4 is 5.32 Å². The summed E-state index contributed by atoms with van der Waals surface area (Å²) in [7, 11) is 0. The van der Waals surface area contributed by atoms with Gasteiger partial charge in [0.1, 0.15) is 6.04 Å². The fourth-order valence-electron chi connectivity index (χ4n) is 1.51. The van der Waals surface area contributed by atoms with Gasteiger partial charge in [0, 0.05) is 0 Å². The zero-order chi connectivity index (χ0) is 21.5. The average molecular weight is 413 g/mol. The average Bonchev–Trinajstić information content (AvgIpc) is 2.55. The maximum absolute atomic E-state index is 13.4. The lowest BCUT2D eigenvalue weighted by Gasteiger charge is -2.28. The Balaban J connectivity index is 5.42. The lowest BCUT2D eigenvalue weighted by Crippen LogP contribution is -2.61. The van der Waals surface area contributed by atoms with Gasteiger partial charge >= 0.3 is 30.0 Å². The molecule has 0 aliphatic rings. The zero-order valence-corrected chi connectivity index (χ0v) is 14.3. The molecule has 0 saturated heterocycles. The van der Waals surface area contributed by atoms with Crippen LogP contribution in [0.2, 0.25) is 0 Å². The number of esters is 2. The van der Waals surface area contributed by atoms with Gasteiger partial charge in [-0.15, -0.1) is 0 Å². The van der Waals surface area contributed by atoms with E-state index in [4.69, 9.17) is 0 Å². The number of carbonyl (C=O) groups is 3. The lowest BCUT2D eigenvalue weighted by atomic mass is 10.1. The van der Waals surface area contributed by atoms with Gasteiger partial charge in [0.2, 0.25) is 0 Å². The maximum atomic E-state index is 13.4. The second-order valence-corrected chi connectivity index (χ2v) is 5.26. The molecule has 0 bridgehead atoms. The van der Waals surface area contributed by atoms with Crippen LogP contribution in [0.4, 0.5) is 30.7 Å². The zero-order valence-electron chi connectivity index (χ0n) is 14.3. The van der Waals surface area contributed by atoms with E-state index in [2.05, 4.69) is 9.47 Å².